The summed E-state index contributed by atoms with van der Waals surface area (Å²) in [5.41, 5.74) is 1.72. The molecule has 96 valence electrons. The van der Waals surface area contributed by atoms with Gasteiger partial charge in [0.25, 0.3) is 0 Å². The van der Waals surface area contributed by atoms with Gasteiger partial charge in [-0.15, -0.1) is 0 Å². The van der Waals surface area contributed by atoms with Gasteiger partial charge in [0, 0.05) is 25.5 Å². The molecule has 0 aliphatic carbocycles. The Balaban J connectivity index is 2.07. The van der Waals surface area contributed by atoms with Crippen molar-refractivity contribution in [2.24, 2.45) is 13.0 Å². The summed E-state index contributed by atoms with van der Waals surface area (Å²) >= 11 is 0. The molecule has 0 radical (unpaired) electrons. The number of aryl methyl sites for hydroxylation is 1. The average Bonchev–Trinajstić information content (AvgIpc) is 2.73. The van der Waals surface area contributed by atoms with Crippen LogP contribution < -0.4 is 4.90 Å². The van der Waals surface area contributed by atoms with Gasteiger partial charge in [0.15, 0.2) is 0 Å². The zero-order valence-electron chi connectivity index (χ0n) is 10.9. The van der Waals surface area contributed by atoms with Crippen LogP contribution in [0.4, 0.5) is 10.1 Å². The zero-order chi connectivity index (χ0) is 12.7. The SMILES string of the molecule is CC1CCN(c2c(F)ccc3c2cnn3C)CC1. The summed E-state index contributed by atoms with van der Waals surface area (Å²) < 4.78 is 15.9. The Labute approximate surface area is 106 Å². The third kappa shape index (κ3) is 1.76. The van der Waals surface area contributed by atoms with E-state index in [0.29, 0.717) is 0 Å². The van der Waals surface area contributed by atoms with Crippen LogP contribution in [0.3, 0.4) is 0 Å². The molecule has 2 aromatic rings. The van der Waals surface area contributed by atoms with Crippen LogP contribution in [-0.4, -0.2) is 22.9 Å². The predicted molar refractivity (Wildman–Crippen MR) is 71.3 cm³/mol. The maximum absolute atomic E-state index is 14.1. The average molecular weight is 247 g/mol. The van der Waals surface area contributed by atoms with Gasteiger partial charge < -0.3 is 4.90 Å². The van der Waals surface area contributed by atoms with Gasteiger partial charge in [-0.25, -0.2) is 4.39 Å². The van der Waals surface area contributed by atoms with Crippen LogP contribution in [0.15, 0.2) is 18.3 Å². The highest BCUT2D eigenvalue weighted by Gasteiger charge is 2.21. The van der Waals surface area contributed by atoms with Crippen LogP contribution in [0.5, 0.6) is 0 Å². The van der Waals surface area contributed by atoms with E-state index < -0.39 is 0 Å². The molecule has 0 unspecified atom stereocenters. The summed E-state index contributed by atoms with van der Waals surface area (Å²) in [6, 6.07) is 3.35. The lowest BCUT2D eigenvalue weighted by atomic mass is 9.98. The third-order valence-electron chi connectivity index (χ3n) is 3.95. The summed E-state index contributed by atoms with van der Waals surface area (Å²) in [6.45, 7) is 4.14. The van der Waals surface area contributed by atoms with Gasteiger partial charge in [0.2, 0.25) is 0 Å². The van der Waals surface area contributed by atoms with E-state index in [1.807, 2.05) is 7.05 Å². The minimum absolute atomic E-state index is 0.134. The maximum Gasteiger partial charge on any atom is 0.147 e. The largest absolute Gasteiger partial charge is 0.369 e. The Kier molecular flexibility index (Phi) is 2.73. The molecule has 0 bridgehead atoms. The van der Waals surface area contributed by atoms with Gasteiger partial charge in [0.05, 0.1) is 17.4 Å². The molecule has 0 N–H and O–H groups in total. The molecule has 0 spiro atoms. The fraction of sp³-hybridized carbons (Fsp3) is 0.500. The number of hydrogen-bond acceptors (Lipinski definition) is 2. The standard InChI is InChI=1S/C14H18FN3/c1-10-5-7-18(8-6-10)14-11-9-16-17(2)13(11)4-3-12(14)15/h3-4,9-10H,5-8H2,1-2H3. The topological polar surface area (TPSA) is 21.1 Å². The lowest BCUT2D eigenvalue weighted by Crippen LogP contribution is -2.33. The molecule has 1 aromatic heterocycles. The Morgan fingerprint density at radius 1 is 1.28 bits per heavy atom. The summed E-state index contributed by atoms with van der Waals surface area (Å²) in [5.74, 6) is 0.613. The summed E-state index contributed by atoms with van der Waals surface area (Å²) in [4.78, 5) is 2.17. The Morgan fingerprint density at radius 2 is 2.00 bits per heavy atom. The number of anilines is 1. The van der Waals surface area contributed by atoms with Gasteiger partial charge in [-0.1, -0.05) is 6.92 Å². The van der Waals surface area contributed by atoms with Crippen LogP contribution >= 0.6 is 0 Å². The number of benzene rings is 1. The van der Waals surface area contributed by atoms with Crippen LogP contribution in [0.2, 0.25) is 0 Å². The first-order valence-electron chi connectivity index (χ1n) is 6.52. The highest BCUT2D eigenvalue weighted by molar-refractivity contribution is 5.92. The van der Waals surface area contributed by atoms with E-state index in [-0.39, 0.29) is 5.82 Å². The van der Waals surface area contributed by atoms with Crippen LogP contribution in [0.1, 0.15) is 19.8 Å². The maximum atomic E-state index is 14.1. The molecule has 4 heteroatoms. The van der Waals surface area contributed by atoms with Crippen LogP contribution in [0.25, 0.3) is 10.9 Å². The normalized spacial score (nSPS) is 17.6. The number of halogens is 1. The zero-order valence-corrected chi connectivity index (χ0v) is 10.9. The number of fused-ring (bicyclic) bond motifs is 1. The van der Waals surface area contributed by atoms with E-state index >= 15 is 0 Å². The lowest BCUT2D eigenvalue weighted by molar-refractivity contribution is 0.435. The fourth-order valence-electron chi connectivity index (χ4n) is 2.74. The van der Waals surface area contributed by atoms with E-state index in [1.54, 1.807) is 23.0 Å². The van der Waals surface area contributed by atoms with Crippen molar-refractivity contribution in [2.75, 3.05) is 18.0 Å². The van der Waals surface area contributed by atoms with E-state index in [2.05, 4.69) is 16.9 Å². The van der Waals surface area contributed by atoms with Crippen molar-refractivity contribution in [3.8, 4) is 0 Å². The Morgan fingerprint density at radius 3 is 2.72 bits per heavy atom. The van der Waals surface area contributed by atoms with Crippen molar-refractivity contribution >= 4 is 16.6 Å². The highest BCUT2D eigenvalue weighted by atomic mass is 19.1. The molecular weight excluding hydrogens is 229 g/mol. The third-order valence-corrected chi connectivity index (χ3v) is 3.95. The second-order valence-corrected chi connectivity index (χ2v) is 5.27. The molecule has 2 heterocycles. The predicted octanol–water partition coefficient (Wildman–Crippen LogP) is 2.95. The van der Waals surface area contributed by atoms with Crippen LogP contribution in [-0.2, 0) is 7.05 Å². The van der Waals surface area contributed by atoms with E-state index in [9.17, 15) is 4.39 Å². The van der Waals surface area contributed by atoms with Crippen LogP contribution in [0, 0.1) is 11.7 Å². The molecule has 1 fully saturated rings. The first-order chi connectivity index (χ1) is 8.66. The minimum Gasteiger partial charge on any atom is -0.369 e. The van der Waals surface area contributed by atoms with Crippen molar-refractivity contribution in [2.45, 2.75) is 19.8 Å². The Bertz CT molecular complexity index is 568. The first kappa shape index (κ1) is 11.5. The van der Waals surface area contributed by atoms with Crippen molar-refractivity contribution in [1.82, 2.24) is 9.78 Å². The van der Waals surface area contributed by atoms with Gasteiger partial charge in [0.1, 0.15) is 5.82 Å². The molecule has 3 nitrogen and oxygen atoms in total. The molecule has 0 saturated carbocycles. The molecule has 1 aliphatic heterocycles. The molecule has 3 rings (SSSR count). The molecular formula is C14H18FN3. The van der Waals surface area contributed by atoms with Gasteiger partial charge in [-0.3, -0.25) is 4.68 Å². The quantitative estimate of drug-likeness (QED) is 0.772. The van der Waals surface area contributed by atoms with E-state index in [4.69, 9.17) is 0 Å². The number of piperidine rings is 1. The number of nitrogens with zero attached hydrogens (tertiary/aromatic N) is 3. The van der Waals surface area contributed by atoms with Gasteiger partial charge in [-0.2, -0.15) is 5.10 Å². The van der Waals surface area contributed by atoms with Gasteiger partial charge in [-0.05, 0) is 30.9 Å². The highest BCUT2D eigenvalue weighted by Crippen LogP contribution is 2.32. The fourth-order valence-corrected chi connectivity index (χ4v) is 2.74. The summed E-state index contributed by atoms with van der Waals surface area (Å²) in [7, 11) is 1.89. The minimum atomic E-state index is -0.134. The van der Waals surface area contributed by atoms with E-state index in [1.165, 1.54) is 0 Å². The molecule has 1 saturated heterocycles. The number of hydrogen-bond donors (Lipinski definition) is 0. The first-order valence-corrected chi connectivity index (χ1v) is 6.52. The molecule has 0 amide bonds. The van der Waals surface area contributed by atoms with Gasteiger partial charge >= 0.3 is 0 Å². The number of rotatable bonds is 1. The summed E-state index contributed by atoms with van der Waals surface area (Å²) in [5, 5.41) is 5.15. The van der Waals surface area contributed by atoms with Crippen molar-refractivity contribution in [3.63, 3.8) is 0 Å². The second kappa shape index (κ2) is 4.26. The second-order valence-electron chi connectivity index (χ2n) is 5.27. The molecule has 18 heavy (non-hydrogen) atoms. The molecule has 1 aromatic carbocycles. The summed E-state index contributed by atoms with van der Waals surface area (Å²) in [6.07, 6.45) is 4.04. The monoisotopic (exact) mass is 247 g/mol. The molecule has 1 aliphatic rings. The number of aromatic nitrogens is 2. The molecule has 0 atom stereocenters. The van der Waals surface area contributed by atoms with Crippen molar-refractivity contribution in [3.05, 3.63) is 24.1 Å². The lowest BCUT2D eigenvalue weighted by Gasteiger charge is -2.32. The smallest absolute Gasteiger partial charge is 0.147 e. The Hall–Kier alpha value is -1.58. The van der Waals surface area contributed by atoms with Crippen molar-refractivity contribution in [1.29, 1.82) is 0 Å². The van der Waals surface area contributed by atoms with Crippen molar-refractivity contribution < 1.29 is 4.39 Å². The van der Waals surface area contributed by atoms with E-state index in [0.717, 1.165) is 48.4 Å².